The smallest absolute Gasteiger partial charge is 0.238 e. The quantitative estimate of drug-likeness (QED) is 0.841. The Labute approximate surface area is 108 Å². The fourth-order valence-corrected chi connectivity index (χ4v) is 2.14. The topological polar surface area (TPSA) is 52.6 Å². The molecule has 1 saturated heterocycles. The number of aryl methyl sites for hydroxylation is 2. The summed E-state index contributed by atoms with van der Waals surface area (Å²) in [6.07, 6.45) is 0. The highest BCUT2D eigenvalue weighted by Gasteiger charge is 2.27. The first-order valence-corrected chi connectivity index (χ1v) is 6.29. The standard InChI is InChI=1S/C14H20N2O2/c1-10-3-4-13(5-11(10)2)15-14(18)8-16-6-12(7-16)9-17/h3-5,12,17H,6-9H2,1-2H3,(H,15,18). The van der Waals surface area contributed by atoms with Crippen LogP contribution < -0.4 is 5.32 Å². The van der Waals surface area contributed by atoms with Crippen LogP contribution in [0.2, 0.25) is 0 Å². The van der Waals surface area contributed by atoms with Gasteiger partial charge in [0.2, 0.25) is 5.91 Å². The fraction of sp³-hybridized carbons (Fsp3) is 0.500. The van der Waals surface area contributed by atoms with Gasteiger partial charge < -0.3 is 10.4 Å². The van der Waals surface area contributed by atoms with Crippen molar-refractivity contribution in [1.82, 2.24) is 4.90 Å². The third kappa shape index (κ3) is 3.09. The van der Waals surface area contributed by atoms with Crippen molar-refractivity contribution in [2.75, 3.05) is 31.6 Å². The minimum absolute atomic E-state index is 0.00893. The minimum atomic E-state index is 0.00893. The highest BCUT2D eigenvalue weighted by atomic mass is 16.3. The Bertz CT molecular complexity index is 439. The summed E-state index contributed by atoms with van der Waals surface area (Å²) >= 11 is 0. The van der Waals surface area contributed by atoms with Crippen molar-refractivity contribution < 1.29 is 9.90 Å². The van der Waals surface area contributed by atoms with Crippen LogP contribution >= 0.6 is 0 Å². The van der Waals surface area contributed by atoms with Gasteiger partial charge in [-0.2, -0.15) is 0 Å². The molecule has 4 nitrogen and oxygen atoms in total. The second-order valence-electron chi connectivity index (χ2n) is 5.09. The van der Waals surface area contributed by atoms with E-state index >= 15 is 0 Å². The largest absolute Gasteiger partial charge is 0.396 e. The number of nitrogens with one attached hydrogen (secondary N) is 1. The highest BCUT2D eigenvalue weighted by Crippen LogP contribution is 2.16. The number of nitrogens with zero attached hydrogens (tertiary/aromatic N) is 1. The maximum atomic E-state index is 11.8. The lowest BCUT2D eigenvalue weighted by molar-refractivity contribution is -0.119. The van der Waals surface area contributed by atoms with Crippen molar-refractivity contribution >= 4 is 11.6 Å². The van der Waals surface area contributed by atoms with Crippen LogP contribution in [0.15, 0.2) is 18.2 Å². The average Bonchev–Trinajstić information content (AvgIpc) is 2.28. The Kier molecular flexibility index (Phi) is 3.99. The van der Waals surface area contributed by atoms with Crippen molar-refractivity contribution in [3.8, 4) is 0 Å². The predicted molar refractivity (Wildman–Crippen MR) is 71.6 cm³/mol. The van der Waals surface area contributed by atoms with Crippen LogP contribution in [-0.4, -0.2) is 42.2 Å². The fourth-order valence-electron chi connectivity index (χ4n) is 2.14. The van der Waals surface area contributed by atoms with Crippen molar-refractivity contribution in [2.45, 2.75) is 13.8 Å². The molecule has 4 heteroatoms. The van der Waals surface area contributed by atoms with Crippen LogP contribution in [-0.2, 0) is 4.79 Å². The first-order valence-electron chi connectivity index (χ1n) is 6.29. The molecule has 1 amide bonds. The van der Waals surface area contributed by atoms with Crippen LogP contribution in [0.1, 0.15) is 11.1 Å². The summed E-state index contributed by atoms with van der Waals surface area (Å²) in [5.74, 6) is 0.356. The van der Waals surface area contributed by atoms with Crippen molar-refractivity contribution in [1.29, 1.82) is 0 Å². The molecule has 0 aromatic heterocycles. The second kappa shape index (κ2) is 5.50. The number of rotatable bonds is 4. The van der Waals surface area contributed by atoms with E-state index in [0.717, 1.165) is 18.8 Å². The van der Waals surface area contributed by atoms with Gasteiger partial charge in [0.15, 0.2) is 0 Å². The van der Waals surface area contributed by atoms with Gasteiger partial charge in [-0.05, 0) is 37.1 Å². The first-order chi connectivity index (χ1) is 8.58. The molecule has 0 saturated carbocycles. The number of hydrogen-bond donors (Lipinski definition) is 2. The Hall–Kier alpha value is -1.39. The summed E-state index contributed by atoms with van der Waals surface area (Å²) in [5, 5.41) is 11.8. The van der Waals surface area contributed by atoms with E-state index in [9.17, 15) is 4.79 Å². The van der Waals surface area contributed by atoms with Crippen molar-refractivity contribution in [3.05, 3.63) is 29.3 Å². The van der Waals surface area contributed by atoms with Crippen LogP contribution in [0.4, 0.5) is 5.69 Å². The lowest BCUT2D eigenvalue weighted by Gasteiger charge is -2.37. The van der Waals surface area contributed by atoms with Gasteiger partial charge in [0.1, 0.15) is 0 Å². The first kappa shape index (κ1) is 13.1. The molecule has 0 radical (unpaired) electrons. The Morgan fingerprint density at radius 1 is 1.39 bits per heavy atom. The predicted octanol–water partition coefficient (Wildman–Crippen LogP) is 1.17. The maximum Gasteiger partial charge on any atom is 0.238 e. The van der Waals surface area contributed by atoms with E-state index in [1.807, 2.05) is 30.0 Å². The Balaban J connectivity index is 1.82. The molecule has 0 aliphatic carbocycles. The number of carbonyl (C=O) groups is 1. The molecule has 0 atom stereocenters. The third-order valence-electron chi connectivity index (χ3n) is 3.45. The van der Waals surface area contributed by atoms with Crippen molar-refractivity contribution in [3.63, 3.8) is 0 Å². The zero-order valence-electron chi connectivity index (χ0n) is 10.9. The van der Waals surface area contributed by atoms with E-state index < -0.39 is 0 Å². The van der Waals surface area contributed by atoms with Crippen molar-refractivity contribution in [2.24, 2.45) is 5.92 Å². The summed E-state index contributed by atoms with van der Waals surface area (Å²) in [4.78, 5) is 13.8. The second-order valence-corrected chi connectivity index (χ2v) is 5.09. The molecule has 18 heavy (non-hydrogen) atoms. The molecule has 0 spiro atoms. The van der Waals surface area contributed by atoms with Gasteiger partial charge in [-0.1, -0.05) is 6.07 Å². The normalized spacial score (nSPS) is 16.4. The molecular weight excluding hydrogens is 228 g/mol. The zero-order chi connectivity index (χ0) is 13.1. The van der Waals surface area contributed by atoms with E-state index in [1.54, 1.807) is 0 Å². The lowest BCUT2D eigenvalue weighted by Crippen LogP contribution is -2.51. The average molecular weight is 248 g/mol. The molecule has 1 aromatic rings. The van der Waals surface area contributed by atoms with E-state index in [2.05, 4.69) is 12.2 Å². The summed E-state index contributed by atoms with van der Waals surface area (Å²) in [7, 11) is 0. The third-order valence-corrected chi connectivity index (χ3v) is 3.45. The molecule has 1 aliphatic rings. The number of anilines is 1. The molecule has 0 unspecified atom stereocenters. The Morgan fingerprint density at radius 3 is 2.72 bits per heavy atom. The number of benzene rings is 1. The number of hydrogen-bond acceptors (Lipinski definition) is 3. The van der Waals surface area contributed by atoms with E-state index in [4.69, 9.17) is 5.11 Å². The summed E-state index contributed by atoms with van der Waals surface area (Å²) in [6, 6.07) is 5.92. The molecular formula is C14H20N2O2. The highest BCUT2D eigenvalue weighted by molar-refractivity contribution is 5.92. The monoisotopic (exact) mass is 248 g/mol. The maximum absolute atomic E-state index is 11.8. The number of carbonyl (C=O) groups excluding carboxylic acids is 1. The molecule has 1 fully saturated rings. The van der Waals surface area contributed by atoms with Gasteiger partial charge in [0.05, 0.1) is 6.54 Å². The van der Waals surface area contributed by atoms with E-state index in [-0.39, 0.29) is 12.5 Å². The van der Waals surface area contributed by atoms with Gasteiger partial charge >= 0.3 is 0 Å². The van der Waals surface area contributed by atoms with Crippen LogP contribution in [0.3, 0.4) is 0 Å². The SMILES string of the molecule is Cc1ccc(NC(=O)CN2CC(CO)C2)cc1C. The molecule has 1 heterocycles. The molecule has 1 aromatic carbocycles. The molecule has 2 N–H and O–H groups in total. The van der Waals surface area contributed by atoms with Gasteiger partial charge in [-0.3, -0.25) is 9.69 Å². The van der Waals surface area contributed by atoms with Crippen LogP contribution in [0, 0.1) is 19.8 Å². The Morgan fingerprint density at radius 2 is 2.11 bits per heavy atom. The number of amides is 1. The van der Waals surface area contributed by atoms with E-state index in [1.165, 1.54) is 11.1 Å². The van der Waals surface area contributed by atoms with Crippen LogP contribution in [0.5, 0.6) is 0 Å². The van der Waals surface area contributed by atoms with Gasteiger partial charge in [0.25, 0.3) is 0 Å². The summed E-state index contributed by atoms with van der Waals surface area (Å²) < 4.78 is 0. The molecule has 98 valence electrons. The van der Waals surface area contributed by atoms with Gasteiger partial charge in [-0.15, -0.1) is 0 Å². The molecule has 2 rings (SSSR count). The number of likely N-dealkylation sites (tertiary alicyclic amines) is 1. The summed E-state index contributed by atoms with van der Waals surface area (Å²) in [5.41, 5.74) is 3.25. The molecule has 0 bridgehead atoms. The van der Waals surface area contributed by atoms with E-state index in [0.29, 0.717) is 12.5 Å². The lowest BCUT2D eigenvalue weighted by atomic mass is 10.0. The number of aliphatic hydroxyl groups is 1. The number of aliphatic hydroxyl groups excluding tert-OH is 1. The summed E-state index contributed by atoms with van der Waals surface area (Å²) in [6.45, 7) is 6.34. The molecule has 1 aliphatic heterocycles. The van der Waals surface area contributed by atoms with Gasteiger partial charge in [-0.25, -0.2) is 0 Å². The zero-order valence-corrected chi connectivity index (χ0v) is 10.9. The minimum Gasteiger partial charge on any atom is -0.396 e. The van der Waals surface area contributed by atoms with Gasteiger partial charge in [0, 0.05) is 31.3 Å². The van der Waals surface area contributed by atoms with Crippen LogP contribution in [0.25, 0.3) is 0 Å².